The van der Waals surface area contributed by atoms with Gasteiger partial charge in [0, 0.05) is 18.2 Å². The molecule has 0 fully saturated rings. The van der Waals surface area contributed by atoms with E-state index in [-0.39, 0.29) is 28.6 Å². The van der Waals surface area contributed by atoms with Crippen LogP contribution in [-0.2, 0) is 10.0 Å². The second-order valence-corrected chi connectivity index (χ2v) is 7.40. The van der Waals surface area contributed by atoms with E-state index in [4.69, 9.17) is 9.47 Å². The molecule has 0 saturated carbocycles. The predicted octanol–water partition coefficient (Wildman–Crippen LogP) is 3.30. The van der Waals surface area contributed by atoms with Crippen LogP contribution in [0.4, 0.5) is 11.4 Å². The normalized spacial score (nSPS) is 10.9. The van der Waals surface area contributed by atoms with Gasteiger partial charge < -0.3 is 9.47 Å². The second kappa shape index (κ2) is 8.09. The standard InChI is InChI=1S/C18H20N2O6S/c1-5-10-19(16-9-8-15(25-3)12-17(16)26-4)27(23,24)18-11-14(20(21)22)7-6-13(18)2/h5-9,11-12H,1,10H2,2-4H3. The molecule has 0 aromatic heterocycles. The number of anilines is 1. The van der Waals surface area contributed by atoms with Crippen molar-refractivity contribution in [3.05, 3.63) is 64.7 Å². The van der Waals surface area contributed by atoms with Crippen molar-refractivity contribution < 1.29 is 22.8 Å². The maximum atomic E-state index is 13.3. The number of sulfonamides is 1. The van der Waals surface area contributed by atoms with E-state index in [0.29, 0.717) is 11.3 Å². The number of hydrogen-bond donors (Lipinski definition) is 0. The van der Waals surface area contributed by atoms with Gasteiger partial charge in [-0.05, 0) is 24.6 Å². The molecule has 2 aromatic rings. The van der Waals surface area contributed by atoms with Crippen LogP contribution in [0.2, 0.25) is 0 Å². The summed E-state index contributed by atoms with van der Waals surface area (Å²) < 4.78 is 38.2. The van der Waals surface area contributed by atoms with Gasteiger partial charge in [0.25, 0.3) is 15.7 Å². The lowest BCUT2D eigenvalue weighted by Gasteiger charge is -2.25. The van der Waals surface area contributed by atoms with Gasteiger partial charge in [0.1, 0.15) is 11.5 Å². The minimum Gasteiger partial charge on any atom is -0.497 e. The summed E-state index contributed by atoms with van der Waals surface area (Å²) >= 11 is 0. The van der Waals surface area contributed by atoms with Gasteiger partial charge in [-0.1, -0.05) is 12.1 Å². The Hall–Kier alpha value is -3.07. The third kappa shape index (κ3) is 4.03. The Morgan fingerprint density at radius 3 is 2.44 bits per heavy atom. The summed E-state index contributed by atoms with van der Waals surface area (Å²) in [4.78, 5) is 10.3. The van der Waals surface area contributed by atoms with Crippen LogP contribution in [-0.4, -0.2) is 34.1 Å². The molecular formula is C18H20N2O6S. The van der Waals surface area contributed by atoms with E-state index in [1.54, 1.807) is 25.1 Å². The summed E-state index contributed by atoms with van der Waals surface area (Å²) in [7, 11) is -1.22. The first-order valence-corrected chi connectivity index (χ1v) is 9.31. The van der Waals surface area contributed by atoms with Gasteiger partial charge in [0.15, 0.2) is 0 Å². The van der Waals surface area contributed by atoms with E-state index >= 15 is 0 Å². The number of aryl methyl sites for hydroxylation is 1. The van der Waals surface area contributed by atoms with Gasteiger partial charge in [-0.3, -0.25) is 14.4 Å². The monoisotopic (exact) mass is 392 g/mol. The first-order valence-electron chi connectivity index (χ1n) is 7.87. The quantitative estimate of drug-likeness (QED) is 0.388. The highest BCUT2D eigenvalue weighted by Gasteiger charge is 2.29. The van der Waals surface area contributed by atoms with Gasteiger partial charge in [-0.15, -0.1) is 6.58 Å². The zero-order valence-electron chi connectivity index (χ0n) is 15.2. The summed E-state index contributed by atoms with van der Waals surface area (Å²) in [5.41, 5.74) is 0.352. The fourth-order valence-corrected chi connectivity index (χ4v) is 4.23. The maximum absolute atomic E-state index is 13.3. The number of non-ortho nitro benzene ring substituents is 1. The van der Waals surface area contributed by atoms with Gasteiger partial charge in [-0.25, -0.2) is 8.42 Å². The van der Waals surface area contributed by atoms with Gasteiger partial charge in [0.2, 0.25) is 0 Å². The average Bonchev–Trinajstić information content (AvgIpc) is 2.65. The topological polar surface area (TPSA) is 99.0 Å². The van der Waals surface area contributed by atoms with Crippen LogP contribution in [0.3, 0.4) is 0 Å². The second-order valence-electron chi connectivity index (χ2n) is 5.57. The van der Waals surface area contributed by atoms with Crippen molar-refractivity contribution in [1.82, 2.24) is 0 Å². The maximum Gasteiger partial charge on any atom is 0.270 e. The van der Waals surface area contributed by atoms with Gasteiger partial charge in [0.05, 0.1) is 36.3 Å². The first kappa shape index (κ1) is 20.2. The third-order valence-electron chi connectivity index (χ3n) is 3.90. The highest BCUT2D eigenvalue weighted by Crippen LogP contribution is 2.36. The number of rotatable bonds is 8. The van der Waals surface area contributed by atoms with Crippen molar-refractivity contribution in [1.29, 1.82) is 0 Å². The zero-order valence-corrected chi connectivity index (χ0v) is 16.0. The molecule has 0 aliphatic rings. The van der Waals surface area contributed by atoms with Crippen molar-refractivity contribution >= 4 is 21.4 Å². The van der Waals surface area contributed by atoms with Gasteiger partial charge >= 0.3 is 0 Å². The Morgan fingerprint density at radius 1 is 1.19 bits per heavy atom. The molecule has 0 aliphatic heterocycles. The number of methoxy groups -OCH3 is 2. The lowest BCUT2D eigenvalue weighted by Crippen LogP contribution is -2.32. The molecule has 9 heteroatoms. The van der Waals surface area contributed by atoms with E-state index in [2.05, 4.69) is 6.58 Å². The van der Waals surface area contributed by atoms with Crippen molar-refractivity contribution in [2.24, 2.45) is 0 Å². The number of nitro benzene ring substituents is 1. The lowest BCUT2D eigenvalue weighted by molar-refractivity contribution is -0.385. The molecule has 0 aliphatic carbocycles. The van der Waals surface area contributed by atoms with E-state index < -0.39 is 14.9 Å². The fraction of sp³-hybridized carbons (Fsp3) is 0.222. The van der Waals surface area contributed by atoms with E-state index in [0.717, 1.165) is 10.4 Å². The van der Waals surface area contributed by atoms with Crippen LogP contribution in [0, 0.1) is 17.0 Å². The molecule has 0 atom stereocenters. The minimum absolute atomic E-state index is 0.0485. The third-order valence-corrected chi connectivity index (χ3v) is 5.82. The van der Waals surface area contributed by atoms with Crippen LogP contribution in [0.25, 0.3) is 0 Å². The predicted molar refractivity (Wildman–Crippen MR) is 102 cm³/mol. The molecule has 0 saturated heterocycles. The van der Waals surface area contributed by atoms with Crippen molar-refractivity contribution in [3.8, 4) is 11.5 Å². The molecule has 27 heavy (non-hydrogen) atoms. The molecule has 0 amide bonds. The van der Waals surface area contributed by atoms with Crippen LogP contribution in [0.15, 0.2) is 53.9 Å². The van der Waals surface area contributed by atoms with E-state index in [1.165, 1.54) is 32.4 Å². The Bertz CT molecular complexity index is 972. The van der Waals surface area contributed by atoms with E-state index in [9.17, 15) is 18.5 Å². The van der Waals surface area contributed by atoms with Crippen LogP contribution in [0.5, 0.6) is 11.5 Å². The Kier molecular flexibility index (Phi) is 6.06. The fourth-order valence-electron chi connectivity index (χ4n) is 2.53. The molecule has 0 bridgehead atoms. The number of nitro groups is 1. The first-order chi connectivity index (χ1) is 12.8. The summed E-state index contributed by atoms with van der Waals surface area (Å²) in [6, 6.07) is 8.43. The molecule has 0 spiro atoms. The summed E-state index contributed by atoms with van der Waals surface area (Å²) in [6.45, 7) is 5.14. The smallest absolute Gasteiger partial charge is 0.270 e. The number of ether oxygens (including phenoxy) is 2. The van der Waals surface area contributed by atoms with Gasteiger partial charge in [-0.2, -0.15) is 0 Å². The molecule has 2 aromatic carbocycles. The largest absolute Gasteiger partial charge is 0.497 e. The van der Waals surface area contributed by atoms with Crippen LogP contribution >= 0.6 is 0 Å². The molecule has 144 valence electrons. The zero-order chi connectivity index (χ0) is 20.2. The van der Waals surface area contributed by atoms with Crippen molar-refractivity contribution in [2.45, 2.75) is 11.8 Å². The molecular weight excluding hydrogens is 372 g/mol. The molecule has 0 N–H and O–H groups in total. The molecule has 8 nitrogen and oxygen atoms in total. The molecule has 0 heterocycles. The molecule has 0 radical (unpaired) electrons. The Balaban J connectivity index is 2.68. The number of benzene rings is 2. The van der Waals surface area contributed by atoms with Crippen molar-refractivity contribution in [3.63, 3.8) is 0 Å². The van der Waals surface area contributed by atoms with E-state index in [1.807, 2.05) is 0 Å². The SMILES string of the molecule is C=CCN(c1ccc(OC)cc1OC)S(=O)(=O)c1cc([N+](=O)[O-])ccc1C. The molecule has 0 unspecified atom stereocenters. The van der Waals surface area contributed by atoms with Crippen LogP contribution in [0.1, 0.15) is 5.56 Å². The number of hydrogen-bond acceptors (Lipinski definition) is 6. The summed E-state index contributed by atoms with van der Waals surface area (Å²) in [6.07, 6.45) is 1.42. The summed E-state index contributed by atoms with van der Waals surface area (Å²) in [5, 5.41) is 11.1. The Labute approximate surface area is 157 Å². The highest BCUT2D eigenvalue weighted by molar-refractivity contribution is 7.93. The van der Waals surface area contributed by atoms with Crippen molar-refractivity contribution in [2.75, 3.05) is 25.1 Å². The highest BCUT2D eigenvalue weighted by atomic mass is 32.2. The summed E-state index contributed by atoms with van der Waals surface area (Å²) in [5.74, 6) is 0.779. The lowest BCUT2D eigenvalue weighted by atomic mass is 10.2. The minimum atomic E-state index is -4.12. The average molecular weight is 392 g/mol. The molecule has 2 rings (SSSR count). The Morgan fingerprint density at radius 2 is 1.89 bits per heavy atom. The van der Waals surface area contributed by atoms with Crippen LogP contribution < -0.4 is 13.8 Å². The number of nitrogens with zero attached hydrogens (tertiary/aromatic N) is 2.